The largest absolute Gasteiger partial charge is 0.497 e. The highest BCUT2D eigenvalue weighted by Crippen LogP contribution is 2.35. The normalized spacial score (nSPS) is 10.6. The molecular formula is C13H9BrN2O2S. The Bertz CT molecular complexity index is 729. The summed E-state index contributed by atoms with van der Waals surface area (Å²) >= 11 is 5.01. The molecule has 1 aromatic carbocycles. The maximum atomic E-state index is 5.84. The minimum atomic E-state index is 0.561. The van der Waals surface area contributed by atoms with Gasteiger partial charge in [0.25, 0.3) is 0 Å². The lowest BCUT2D eigenvalue weighted by molar-refractivity contribution is 0.411. The number of rotatable bonds is 3. The SMILES string of the molecule is COc1ccc(Oc2ncnc3ccsc23)c(Br)c1. The number of ether oxygens (including phenoxy) is 2. The van der Waals surface area contributed by atoms with Crippen LogP contribution in [0.3, 0.4) is 0 Å². The van der Waals surface area contributed by atoms with Gasteiger partial charge in [-0.05, 0) is 45.6 Å². The van der Waals surface area contributed by atoms with E-state index in [1.807, 2.05) is 29.6 Å². The maximum Gasteiger partial charge on any atom is 0.240 e. The predicted octanol–water partition coefficient (Wildman–Crippen LogP) is 4.25. The third-order valence-corrected chi connectivity index (χ3v) is 4.07. The zero-order valence-electron chi connectivity index (χ0n) is 9.96. The Balaban J connectivity index is 1.99. The lowest BCUT2D eigenvalue weighted by atomic mass is 10.3. The molecule has 4 nitrogen and oxygen atoms in total. The minimum absolute atomic E-state index is 0.561. The smallest absolute Gasteiger partial charge is 0.240 e. The summed E-state index contributed by atoms with van der Waals surface area (Å²) in [4.78, 5) is 8.36. The van der Waals surface area contributed by atoms with E-state index < -0.39 is 0 Å². The van der Waals surface area contributed by atoms with Gasteiger partial charge in [0.15, 0.2) is 0 Å². The predicted molar refractivity (Wildman–Crippen MR) is 78.2 cm³/mol. The van der Waals surface area contributed by atoms with Crippen molar-refractivity contribution in [1.82, 2.24) is 9.97 Å². The van der Waals surface area contributed by atoms with E-state index in [0.29, 0.717) is 11.6 Å². The number of thiophene rings is 1. The van der Waals surface area contributed by atoms with Crippen LogP contribution in [0, 0.1) is 0 Å². The van der Waals surface area contributed by atoms with Crippen LogP contribution in [0.4, 0.5) is 0 Å². The molecule has 3 aromatic rings. The first-order valence-corrected chi connectivity index (χ1v) is 7.15. The average molecular weight is 337 g/mol. The fraction of sp³-hybridized carbons (Fsp3) is 0.0769. The zero-order chi connectivity index (χ0) is 13.2. The van der Waals surface area contributed by atoms with Gasteiger partial charge in [-0.15, -0.1) is 11.3 Å². The summed E-state index contributed by atoms with van der Waals surface area (Å²) in [5.41, 5.74) is 0.889. The fourth-order valence-electron chi connectivity index (χ4n) is 1.63. The molecule has 2 heterocycles. The topological polar surface area (TPSA) is 44.2 Å². The highest BCUT2D eigenvalue weighted by Gasteiger charge is 2.10. The second kappa shape index (κ2) is 5.14. The Labute approximate surface area is 122 Å². The van der Waals surface area contributed by atoms with Crippen LogP contribution in [0.25, 0.3) is 10.2 Å². The summed E-state index contributed by atoms with van der Waals surface area (Å²) in [7, 11) is 1.63. The first-order chi connectivity index (χ1) is 9.28. The lowest BCUT2D eigenvalue weighted by Gasteiger charge is -2.08. The van der Waals surface area contributed by atoms with Gasteiger partial charge in [0.1, 0.15) is 22.5 Å². The molecule has 0 unspecified atom stereocenters. The summed E-state index contributed by atoms with van der Waals surface area (Å²) in [6.45, 7) is 0. The zero-order valence-corrected chi connectivity index (χ0v) is 12.4. The van der Waals surface area contributed by atoms with E-state index in [4.69, 9.17) is 9.47 Å². The minimum Gasteiger partial charge on any atom is -0.497 e. The number of nitrogens with zero attached hydrogens (tertiary/aromatic N) is 2. The molecule has 0 aliphatic rings. The van der Waals surface area contributed by atoms with Crippen LogP contribution in [0.15, 0.2) is 40.4 Å². The Morgan fingerprint density at radius 1 is 1.21 bits per heavy atom. The van der Waals surface area contributed by atoms with E-state index in [9.17, 15) is 0 Å². The highest BCUT2D eigenvalue weighted by atomic mass is 79.9. The molecule has 0 amide bonds. The fourth-order valence-corrected chi connectivity index (χ4v) is 2.84. The Hall–Kier alpha value is -1.66. The monoisotopic (exact) mass is 336 g/mol. The standard InChI is InChI=1S/C13H9BrN2O2S/c1-17-8-2-3-11(9(14)6-8)18-13-12-10(4-5-19-12)15-7-16-13/h2-7H,1H3. The summed E-state index contributed by atoms with van der Waals surface area (Å²) in [5, 5.41) is 1.97. The third kappa shape index (κ3) is 2.41. The van der Waals surface area contributed by atoms with Crippen LogP contribution in [-0.4, -0.2) is 17.1 Å². The highest BCUT2D eigenvalue weighted by molar-refractivity contribution is 9.10. The van der Waals surface area contributed by atoms with Gasteiger partial charge in [-0.3, -0.25) is 0 Å². The summed E-state index contributed by atoms with van der Waals surface area (Å²) in [6.07, 6.45) is 1.50. The van der Waals surface area contributed by atoms with Gasteiger partial charge >= 0.3 is 0 Å². The second-order valence-electron chi connectivity index (χ2n) is 3.71. The van der Waals surface area contributed by atoms with Crippen LogP contribution in [-0.2, 0) is 0 Å². The molecule has 2 aromatic heterocycles. The van der Waals surface area contributed by atoms with E-state index in [-0.39, 0.29) is 0 Å². The molecule has 19 heavy (non-hydrogen) atoms. The maximum absolute atomic E-state index is 5.84. The van der Waals surface area contributed by atoms with Gasteiger partial charge in [-0.2, -0.15) is 0 Å². The van der Waals surface area contributed by atoms with Gasteiger partial charge in [0.2, 0.25) is 5.88 Å². The first-order valence-electron chi connectivity index (χ1n) is 5.47. The molecule has 96 valence electrons. The van der Waals surface area contributed by atoms with Crippen molar-refractivity contribution in [2.24, 2.45) is 0 Å². The molecule has 6 heteroatoms. The number of halogens is 1. The molecule has 0 radical (unpaired) electrons. The van der Waals surface area contributed by atoms with Crippen LogP contribution < -0.4 is 9.47 Å². The van der Waals surface area contributed by atoms with Crippen molar-refractivity contribution in [2.45, 2.75) is 0 Å². The Morgan fingerprint density at radius 3 is 2.89 bits per heavy atom. The molecule has 0 aliphatic carbocycles. The molecule has 3 rings (SSSR count). The van der Waals surface area contributed by atoms with Crippen molar-refractivity contribution >= 4 is 37.5 Å². The van der Waals surface area contributed by atoms with E-state index in [1.165, 1.54) is 6.33 Å². The molecular weight excluding hydrogens is 328 g/mol. The number of hydrogen-bond donors (Lipinski definition) is 0. The van der Waals surface area contributed by atoms with Gasteiger partial charge < -0.3 is 9.47 Å². The van der Waals surface area contributed by atoms with Crippen LogP contribution in [0.5, 0.6) is 17.4 Å². The quantitative estimate of drug-likeness (QED) is 0.716. The van der Waals surface area contributed by atoms with Crippen molar-refractivity contribution in [3.05, 3.63) is 40.4 Å². The molecule has 0 saturated carbocycles. The number of methoxy groups -OCH3 is 1. The number of fused-ring (bicyclic) bond motifs is 1. The van der Waals surface area contributed by atoms with Crippen molar-refractivity contribution in [3.63, 3.8) is 0 Å². The lowest BCUT2D eigenvalue weighted by Crippen LogP contribution is -1.91. The molecule has 0 spiro atoms. The van der Waals surface area contributed by atoms with E-state index in [1.54, 1.807) is 18.4 Å². The van der Waals surface area contributed by atoms with Gasteiger partial charge in [-0.1, -0.05) is 0 Å². The Kier molecular flexibility index (Phi) is 3.35. The second-order valence-corrected chi connectivity index (χ2v) is 5.48. The number of benzene rings is 1. The van der Waals surface area contributed by atoms with Gasteiger partial charge in [0, 0.05) is 0 Å². The first kappa shape index (κ1) is 12.4. The van der Waals surface area contributed by atoms with E-state index in [2.05, 4.69) is 25.9 Å². The van der Waals surface area contributed by atoms with E-state index >= 15 is 0 Å². The third-order valence-electron chi connectivity index (χ3n) is 2.56. The van der Waals surface area contributed by atoms with Crippen LogP contribution >= 0.6 is 27.3 Å². The Morgan fingerprint density at radius 2 is 2.11 bits per heavy atom. The van der Waals surface area contributed by atoms with Crippen molar-refractivity contribution in [3.8, 4) is 17.4 Å². The summed E-state index contributed by atoms with van der Waals surface area (Å²) < 4.78 is 12.7. The molecule has 0 atom stereocenters. The van der Waals surface area contributed by atoms with Gasteiger partial charge in [-0.25, -0.2) is 9.97 Å². The molecule has 0 fully saturated rings. The van der Waals surface area contributed by atoms with Crippen LogP contribution in [0.1, 0.15) is 0 Å². The number of hydrogen-bond acceptors (Lipinski definition) is 5. The van der Waals surface area contributed by atoms with Gasteiger partial charge in [0.05, 0.1) is 17.1 Å². The van der Waals surface area contributed by atoms with E-state index in [0.717, 1.165) is 20.4 Å². The van der Waals surface area contributed by atoms with Crippen molar-refractivity contribution in [2.75, 3.05) is 7.11 Å². The number of aromatic nitrogens is 2. The van der Waals surface area contributed by atoms with Crippen LogP contribution in [0.2, 0.25) is 0 Å². The average Bonchev–Trinajstić information content (AvgIpc) is 2.90. The molecule has 0 saturated heterocycles. The van der Waals surface area contributed by atoms with Crippen molar-refractivity contribution in [1.29, 1.82) is 0 Å². The summed E-state index contributed by atoms with van der Waals surface area (Å²) in [5.74, 6) is 2.02. The molecule has 0 bridgehead atoms. The molecule has 0 aliphatic heterocycles. The summed E-state index contributed by atoms with van der Waals surface area (Å²) in [6, 6.07) is 7.47. The molecule has 0 N–H and O–H groups in total. The van der Waals surface area contributed by atoms with Crippen molar-refractivity contribution < 1.29 is 9.47 Å².